The van der Waals surface area contributed by atoms with Gasteiger partial charge in [-0.3, -0.25) is 4.79 Å². The summed E-state index contributed by atoms with van der Waals surface area (Å²) in [6.07, 6.45) is 4.33. The average molecular weight is 241 g/mol. The lowest BCUT2D eigenvalue weighted by molar-refractivity contribution is 0.0979. The van der Waals surface area contributed by atoms with E-state index < -0.39 is 0 Å². The van der Waals surface area contributed by atoms with Crippen LogP contribution in [0.4, 0.5) is 5.69 Å². The number of carbonyl (C=O) groups excluding carboxylic acids is 1. The molecule has 0 radical (unpaired) electrons. The van der Waals surface area contributed by atoms with Gasteiger partial charge in [-0.25, -0.2) is 4.98 Å². The maximum absolute atomic E-state index is 11.9. The van der Waals surface area contributed by atoms with Gasteiger partial charge < -0.3 is 9.47 Å². The van der Waals surface area contributed by atoms with Crippen LogP contribution >= 0.6 is 0 Å². The molecule has 4 nitrogen and oxygen atoms in total. The van der Waals surface area contributed by atoms with Gasteiger partial charge in [0.05, 0.1) is 6.54 Å². The topological polar surface area (TPSA) is 38.1 Å². The molecule has 0 saturated heterocycles. The van der Waals surface area contributed by atoms with Gasteiger partial charge in [-0.1, -0.05) is 12.1 Å². The van der Waals surface area contributed by atoms with E-state index in [0.717, 1.165) is 30.2 Å². The molecular weight excluding hydrogens is 226 g/mol. The number of benzene rings is 1. The number of imidazole rings is 1. The fraction of sp³-hybridized carbons (Fsp3) is 0.286. The number of rotatable bonds is 2. The lowest BCUT2D eigenvalue weighted by Gasteiger charge is -2.30. The molecule has 0 bridgehead atoms. The third kappa shape index (κ3) is 1.79. The Hall–Kier alpha value is -2.10. The van der Waals surface area contributed by atoms with E-state index in [4.69, 9.17) is 0 Å². The van der Waals surface area contributed by atoms with Crippen LogP contribution in [0.25, 0.3) is 0 Å². The molecule has 0 amide bonds. The number of hydrogen-bond acceptors (Lipinski definition) is 3. The van der Waals surface area contributed by atoms with Crippen LogP contribution in [0.15, 0.2) is 36.7 Å². The van der Waals surface area contributed by atoms with E-state index >= 15 is 0 Å². The third-order valence-corrected chi connectivity index (χ3v) is 3.41. The molecule has 2 heterocycles. The highest BCUT2D eigenvalue weighted by Gasteiger charge is 2.23. The van der Waals surface area contributed by atoms with Crippen LogP contribution in [-0.4, -0.2) is 21.9 Å². The molecule has 92 valence electrons. The van der Waals surface area contributed by atoms with Crippen LogP contribution in [0.1, 0.15) is 22.6 Å². The van der Waals surface area contributed by atoms with Crippen molar-refractivity contribution in [3.8, 4) is 0 Å². The molecule has 1 aromatic carbocycles. The monoisotopic (exact) mass is 241 g/mol. The van der Waals surface area contributed by atoms with E-state index in [2.05, 4.69) is 9.88 Å². The second-order valence-corrected chi connectivity index (χ2v) is 4.57. The second-order valence-electron chi connectivity index (χ2n) is 4.57. The smallest absolute Gasteiger partial charge is 0.166 e. The van der Waals surface area contributed by atoms with Crippen molar-refractivity contribution in [2.75, 3.05) is 11.4 Å². The van der Waals surface area contributed by atoms with E-state index in [0.29, 0.717) is 6.42 Å². The molecule has 1 aliphatic rings. The van der Waals surface area contributed by atoms with Gasteiger partial charge in [-0.05, 0) is 12.1 Å². The van der Waals surface area contributed by atoms with Crippen molar-refractivity contribution in [1.82, 2.24) is 9.55 Å². The number of para-hydroxylation sites is 1. The highest BCUT2D eigenvalue weighted by molar-refractivity contribution is 6.03. The van der Waals surface area contributed by atoms with Crippen LogP contribution in [0.5, 0.6) is 0 Å². The van der Waals surface area contributed by atoms with Gasteiger partial charge >= 0.3 is 0 Å². The summed E-state index contributed by atoms with van der Waals surface area (Å²) >= 11 is 0. The quantitative estimate of drug-likeness (QED) is 0.807. The van der Waals surface area contributed by atoms with Crippen LogP contribution in [0.2, 0.25) is 0 Å². The molecule has 3 rings (SSSR count). The molecular formula is C14H15N3O. The normalized spacial score (nSPS) is 14.7. The Morgan fingerprint density at radius 3 is 2.94 bits per heavy atom. The van der Waals surface area contributed by atoms with Crippen molar-refractivity contribution in [3.05, 3.63) is 48.0 Å². The van der Waals surface area contributed by atoms with Crippen molar-refractivity contribution in [2.45, 2.75) is 13.0 Å². The summed E-state index contributed by atoms with van der Waals surface area (Å²) in [5.74, 6) is 1.25. The van der Waals surface area contributed by atoms with Crippen molar-refractivity contribution in [2.24, 2.45) is 7.05 Å². The molecule has 0 spiro atoms. The average Bonchev–Trinajstić information content (AvgIpc) is 2.79. The first-order chi connectivity index (χ1) is 8.75. The molecule has 0 fully saturated rings. The van der Waals surface area contributed by atoms with E-state index in [1.54, 1.807) is 6.20 Å². The van der Waals surface area contributed by atoms with E-state index in [9.17, 15) is 4.79 Å². The number of carbonyl (C=O) groups is 1. The van der Waals surface area contributed by atoms with Crippen molar-refractivity contribution in [1.29, 1.82) is 0 Å². The summed E-state index contributed by atoms with van der Waals surface area (Å²) in [6.45, 7) is 1.51. The standard InChI is InChI=1S/C14H15N3O/c1-16-9-7-15-14(16)10-17-8-6-13(18)11-4-2-3-5-12(11)17/h2-5,7,9H,6,8,10H2,1H3. The Bertz CT molecular complexity index is 588. The van der Waals surface area contributed by atoms with Gasteiger partial charge in [-0.2, -0.15) is 0 Å². The maximum Gasteiger partial charge on any atom is 0.166 e. The van der Waals surface area contributed by atoms with E-state index in [1.807, 2.05) is 42.1 Å². The van der Waals surface area contributed by atoms with Crippen molar-refractivity contribution >= 4 is 11.5 Å². The SMILES string of the molecule is Cn1ccnc1CN1CCC(=O)c2ccccc21. The molecule has 2 aromatic rings. The molecule has 4 heteroatoms. The first-order valence-electron chi connectivity index (χ1n) is 6.09. The number of ketones is 1. The Morgan fingerprint density at radius 1 is 1.33 bits per heavy atom. The first kappa shape index (κ1) is 11.0. The van der Waals surface area contributed by atoms with Gasteiger partial charge in [0.25, 0.3) is 0 Å². The molecule has 1 aliphatic heterocycles. The predicted molar refractivity (Wildman–Crippen MR) is 69.6 cm³/mol. The summed E-state index contributed by atoms with van der Waals surface area (Å²) in [5, 5.41) is 0. The maximum atomic E-state index is 11.9. The molecule has 0 N–H and O–H groups in total. The van der Waals surface area contributed by atoms with E-state index in [-0.39, 0.29) is 5.78 Å². The zero-order valence-electron chi connectivity index (χ0n) is 10.3. The summed E-state index contributed by atoms with van der Waals surface area (Å²) < 4.78 is 2.01. The number of fused-ring (bicyclic) bond motifs is 1. The second kappa shape index (κ2) is 4.29. The van der Waals surface area contributed by atoms with Crippen LogP contribution < -0.4 is 4.90 Å². The van der Waals surface area contributed by atoms with Crippen LogP contribution in [0.3, 0.4) is 0 Å². The number of aromatic nitrogens is 2. The van der Waals surface area contributed by atoms with Gasteiger partial charge in [-0.15, -0.1) is 0 Å². The van der Waals surface area contributed by atoms with Gasteiger partial charge in [0.15, 0.2) is 5.78 Å². The fourth-order valence-corrected chi connectivity index (χ4v) is 2.36. The summed E-state index contributed by atoms with van der Waals surface area (Å²) in [6, 6.07) is 7.81. The molecule has 0 saturated carbocycles. The van der Waals surface area contributed by atoms with Crippen LogP contribution in [-0.2, 0) is 13.6 Å². The van der Waals surface area contributed by atoms with Gasteiger partial charge in [0.2, 0.25) is 0 Å². The van der Waals surface area contributed by atoms with Crippen molar-refractivity contribution in [3.63, 3.8) is 0 Å². The zero-order chi connectivity index (χ0) is 12.5. The fourth-order valence-electron chi connectivity index (χ4n) is 2.36. The number of hydrogen-bond donors (Lipinski definition) is 0. The van der Waals surface area contributed by atoms with Crippen molar-refractivity contribution < 1.29 is 4.79 Å². The summed E-state index contributed by atoms with van der Waals surface area (Å²) in [5.41, 5.74) is 1.86. The minimum atomic E-state index is 0.238. The van der Waals surface area contributed by atoms with Gasteiger partial charge in [0, 0.05) is 43.7 Å². The Balaban J connectivity index is 1.93. The lowest BCUT2D eigenvalue weighted by Crippen LogP contribution is -2.32. The first-order valence-corrected chi connectivity index (χ1v) is 6.09. The predicted octanol–water partition coefficient (Wildman–Crippen LogP) is 2.01. The minimum absolute atomic E-state index is 0.238. The molecule has 0 aliphatic carbocycles. The summed E-state index contributed by atoms with van der Waals surface area (Å²) in [4.78, 5) is 18.4. The summed E-state index contributed by atoms with van der Waals surface area (Å²) in [7, 11) is 1.99. The number of nitrogens with zero attached hydrogens (tertiary/aromatic N) is 3. The zero-order valence-corrected chi connectivity index (χ0v) is 10.3. The number of Topliss-reactive ketones (excluding diaryl/α,β-unsaturated/α-hetero) is 1. The third-order valence-electron chi connectivity index (χ3n) is 3.41. The molecule has 0 unspecified atom stereocenters. The largest absolute Gasteiger partial charge is 0.363 e. The Morgan fingerprint density at radius 2 is 2.17 bits per heavy atom. The van der Waals surface area contributed by atoms with Crippen LogP contribution in [0, 0.1) is 0 Å². The minimum Gasteiger partial charge on any atom is -0.363 e. The molecule has 18 heavy (non-hydrogen) atoms. The highest BCUT2D eigenvalue weighted by atomic mass is 16.1. The Kier molecular flexibility index (Phi) is 2.63. The number of aryl methyl sites for hydroxylation is 1. The molecule has 1 aromatic heterocycles. The molecule has 0 atom stereocenters. The number of anilines is 1. The Labute approximate surface area is 106 Å². The highest BCUT2D eigenvalue weighted by Crippen LogP contribution is 2.27. The lowest BCUT2D eigenvalue weighted by atomic mass is 10.0. The van der Waals surface area contributed by atoms with E-state index in [1.165, 1.54) is 0 Å². The van der Waals surface area contributed by atoms with Gasteiger partial charge in [0.1, 0.15) is 5.82 Å².